The number of carbonyl (C=O) groups is 1. The van der Waals surface area contributed by atoms with Gasteiger partial charge in [-0.05, 0) is 59.5 Å². The van der Waals surface area contributed by atoms with Crippen molar-refractivity contribution in [2.45, 2.75) is 19.3 Å². The molecule has 0 spiro atoms. The number of benzene rings is 2. The van der Waals surface area contributed by atoms with Gasteiger partial charge < -0.3 is 9.42 Å². The summed E-state index contributed by atoms with van der Waals surface area (Å²) in [6, 6.07) is 13.6. The number of piperidine rings is 1. The zero-order valence-electron chi connectivity index (χ0n) is 17.1. The lowest BCUT2D eigenvalue weighted by Crippen LogP contribution is -2.40. The molecule has 1 amide bonds. The van der Waals surface area contributed by atoms with E-state index in [4.69, 9.17) is 4.52 Å². The second kappa shape index (κ2) is 8.66. The molecule has 32 heavy (non-hydrogen) atoms. The fourth-order valence-corrected chi connectivity index (χ4v) is 4.00. The standard InChI is InChI=1S/C22H20FN7O2/c23-19-9-2-1-8-18(19)21-25-20(32-26-21)11-15-5-4-10-29(13-15)22(31)16-6-3-7-17(12-16)30-14-24-27-28-30/h1-3,6-9,12,14-15H,4-5,10-11,13H2/t15-/m0/s1. The molecule has 162 valence electrons. The van der Waals surface area contributed by atoms with Crippen molar-refractivity contribution >= 4 is 5.91 Å². The molecule has 0 unspecified atom stereocenters. The number of likely N-dealkylation sites (tertiary alicyclic amines) is 1. The number of tetrazole rings is 1. The number of aromatic nitrogens is 6. The van der Waals surface area contributed by atoms with Gasteiger partial charge in [0.05, 0.1) is 11.3 Å². The van der Waals surface area contributed by atoms with Crippen molar-refractivity contribution in [3.05, 3.63) is 72.1 Å². The summed E-state index contributed by atoms with van der Waals surface area (Å²) in [7, 11) is 0. The zero-order valence-corrected chi connectivity index (χ0v) is 17.1. The molecule has 2 aromatic carbocycles. The Bertz CT molecular complexity index is 1220. The Labute approximate surface area is 182 Å². The van der Waals surface area contributed by atoms with Gasteiger partial charge in [0.15, 0.2) is 0 Å². The van der Waals surface area contributed by atoms with E-state index in [1.165, 1.54) is 17.1 Å². The highest BCUT2D eigenvalue weighted by Gasteiger charge is 2.26. The molecule has 5 rings (SSSR count). The monoisotopic (exact) mass is 433 g/mol. The van der Waals surface area contributed by atoms with Crippen LogP contribution >= 0.6 is 0 Å². The highest BCUT2D eigenvalue weighted by atomic mass is 19.1. The van der Waals surface area contributed by atoms with E-state index < -0.39 is 5.82 Å². The first-order chi connectivity index (χ1) is 15.7. The van der Waals surface area contributed by atoms with Gasteiger partial charge in [0.1, 0.15) is 12.1 Å². The number of hydrogen-bond donors (Lipinski definition) is 0. The molecule has 1 saturated heterocycles. The summed E-state index contributed by atoms with van der Waals surface area (Å²) < 4.78 is 20.9. The molecule has 0 bridgehead atoms. The summed E-state index contributed by atoms with van der Waals surface area (Å²) in [6.07, 6.45) is 3.86. The Morgan fingerprint density at radius 1 is 1.19 bits per heavy atom. The van der Waals surface area contributed by atoms with Crippen LogP contribution in [0.3, 0.4) is 0 Å². The lowest BCUT2D eigenvalue weighted by Gasteiger charge is -2.32. The van der Waals surface area contributed by atoms with E-state index in [9.17, 15) is 9.18 Å². The van der Waals surface area contributed by atoms with Gasteiger partial charge in [-0.3, -0.25) is 4.79 Å². The predicted molar refractivity (Wildman–Crippen MR) is 111 cm³/mol. The molecule has 1 atom stereocenters. The van der Waals surface area contributed by atoms with Crippen LogP contribution in [0.1, 0.15) is 29.1 Å². The van der Waals surface area contributed by atoms with Crippen LogP contribution in [-0.4, -0.2) is 54.2 Å². The topological polar surface area (TPSA) is 103 Å². The van der Waals surface area contributed by atoms with Crippen LogP contribution in [0, 0.1) is 11.7 Å². The Hall–Kier alpha value is -3.95. The minimum atomic E-state index is -0.391. The Morgan fingerprint density at radius 2 is 2.09 bits per heavy atom. The minimum Gasteiger partial charge on any atom is -0.339 e. The van der Waals surface area contributed by atoms with Crippen LogP contribution in [0.5, 0.6) is 0 Å². The van der Waals surface area contributed by atoms with Crippen LogP contribution in [0.15, 0.2) is 59.4 Å². The minimum absolute atomic E-state index is 0.0396. The van der Waals surface area contributed by atoms with Crippen LogP contribution in [0.25, 0.3) is 17.1 Å². The van der Waals surface area contributed by atoms with Gasteiger partial charge in [-0.2, -0.15) is 4.98 Å². The number of rotatable bonds is 5. The molecule has 10 heteroatoms. The average molecular weight is 433 g/mol. The summed E-state index contributed by atoms with van der Waals surface area (Å²) in [5, 5.41) is 15.1. The first kappa shape index (κ1) is 20.0. The van der Waals surface area contributed by atoms with E-state index in [0.29, 0.717) is 36.5 Å². The van der Waals surface area contributed by atoms with Gasteiger partial charge >= 0.3 is 0 Å². The molecule has 4 aromatic rings. The first-order valence-electron chi connectivity index (χ1n) is 10.4. The van der Waals surface area contributed by atoms with E-state index in [-0.39, 0.29) is 17.6 Å². The summed E-state index contributed by atoms with van der Waals surface area (Å²) in [6.45, 7) is 1.28. The SMILES string of the molecule is O=C(c1cccc(-n2cnnn2)c1)N1CCC[C@@H](Cc2nc(-c3ccccc3F)no2)C1. The largest absolute Gasteiger partial charge is 0.339 e. The number of carbonyl (C=O) groups excluding carboxylic acids is 1. The zero-order chi connectivity index (χ0) is 21.9. The van der Waals surface area contributed by atoms with Gasteiger partial charge in [0.25, 0.3) is 5.91 Å². The van der Waals surface area contributed by atoms with Gasteiger partial charge in [0.2, 0.25) is 11.7 Å². The number of hydrogen-bond acceptors (Lipinski definition) is 7. The summed E-state index contributed by atoms with van der Waals surface area (Å²) in [4.78, 5) is 19.3. The molecule has 1 aliphatic rings. The Morgan fingerprint density at radius 3 is 2.94 bits per heavy atom. The number of amides is 1. The third-order valence-electron chi connectivity index (χ3n) is 5.56. The van der Waals surface area contributed by atoms with E-state index in [1.54, 1.807) is 30.3 Å². The maximum Gasteiger partial charge on any atom is 0.253 e. The molecular weight excluding hydrogens is 413 g/mol. The van der Waals surface area contributed by atoms with Crippen LogP contribution in [-0.2, 0) is 6.42 Å². The molecule has 0 N–H and O–H groups in total. The summed E-state index contributed by atoms with van der Waals surface area (Å²) in [5.41, 5.74) is 1.62. The predicted octanol–water partition coefficient (Wildman–Crippen LogP) is 2.95. The van der Waals surface area contributed by atoms with Gasteiger partial charge in [-0.1, -0.05) is 23.4 Å². The molecular formula is C22H20FN7O2. The summed E-state index contributed by atoms with van der Waals surface area (Å²) >= 11 is 0. The van der Waals surface area contributed by atoms with Crippen molar-refractivity contribution in [3.63, 3.8) is 0 Å². The fraction of sp³-hybridized carbons (Fsp3) is 0.273. The number of halogens is 1. The Balaban J connectivity index is 1.27. The molecule has 0 aliphatic carbocycles. The lowest BCUT2D eigenvalue weighted by molar-refractivity contribution is 0.0668. The van der Waals surface area contributed by atoms with Gasteiger partial charge in [0, 0.05) is 25.1 Å². The second-order valence-electron chi connectivity index (χ2n) is 7.76. The van der Waals surface area contributed by atoms with Crippen molar-refractivity contribution in [1.29, 1.82) is 0 Å². The molecule has 2 aromatic heterocycles. The van der Waals surface area contributed by atoms with Gasteiger partial charge in [-0.15, -0.1) is 5.10 Å². The highest BCUT2D eigenvalue weighted by molar-refractivity contribution is 5.94. The first-order valence-corrected chi connectivity index (χ1v) is 10.4. The van der Waals surface area contributed by atoms with Crippen LogP contribution in [0.4, 0.5) is 4.39 Å². The Kier molecular flexibility index (Phi) is 5.40. The van der Waals surface area contributed by atoms with Crippen molar-refractivity contribution < 1.29 is 13.7 Å². The average Bonchev–Trinajstić information content (AvgIpc) is 3.52. The fourth-order valence-electron chi connectivity index (χ4n) is 4.00. The third kappa shape index (κ3) is 4.11. The maximum absolute atomic E-state index is 14.0. The van der Waals surface area contributed by atoms with Crippen molar-refractivity contribution in [2.24, 2.45) is 5.92 Å². The van der Waals surface area contributed by atoms with E-state index in [0.717, 1.165) is 18.5 Å². The highest BCUT2D eigenvalue weighted by Crippen LogP contribution is 2.24. The van der Waals surface area contributed by atoms with E-state index in [1.807, 2.05) is 17.0 Å². The molecule has 9 nitrogen and oxygen atoms in total. The maximum atomic E-state index is 14.0. The second-order valence-corrected chi connectivity index (χ2v) is 7.76. The van der Waals surface area contributed by atoms with Gasteiger partial charge in [-0.25, -0.2) is 9.07 Å². The number of nitrogens with zero attached hydrogens (tertiary/aromatic N) is 7. The molecule has 3 heterocycles. The lowest BCUT2D eigenvalue weighted by atomic mass is 9.94. The quantitative estimate of drug-likeness (QED) is 0.477. The van der Waals surface area contributed by atoms with Crippen molar-refractivity contribution in [1.82, 2.24) is 35.2 Å². The van der Waals surface area contributed by atoms with Crippen molar-refractivity contribution in [3.8, 4) is 17.1 Å². The molecule has 0 saturated carbocycles. The van der Waals surface area contributed by atoms with Crippen molar-refractivity contribution in [2.75, 3.05) is 13.1 Å². The molecule has 1 aliphatic heterocycles. The van der Waals surface area contributed by atoms with Crippen LogP contribution < -0.4 is 0 Å². The smallest absolute Gasteiger partial charge is 0.253 e. The molecule has 0 radical (unpaired) electrons. The van der Waals surface area contributed by atoms with Crippen LogP contribution in [0.2, 0.25) is 0 Å². The van der Waals surface area contributed by atoms with E-state index in [2.05, 4.69) is 25.7 Å². The molecule has 1 fully saturated rings. The summed E-state index contributed by atoms with van der Waals surface area (Å²) in [5.74, 6) is 0.439. The third-order valence-corrected chi connectivity index (χ3v) is 5.56. The van der Waals surface area contributed by atoms with E-state index >= 15 is 0 Å². The normalized spacial score (nSPS) is 16.3.